The molecule has 0 aliphatic carbocycles. The maximum Gasteiger partial charge on any atom is 0.229 e. The van der Waals surface area contributed by atoms with Crippen LogP contribution in [0.5, 0.6) is 0 Å². The highest BCUT2D eigenvalue weighted by molar-refractivity contribution is 7.09. The Kier molecular flexibility index (Phi) is 6.81. The first-order valence-electron chi connectivity index (χ1n) is 6.69. The van der Waals surface area contributed by atoms with Gasteiger partial charge in [-0.3, -0.25) is 4.79 Å². The highest BCUT2D eigenvalue weighted by Gasteiger charge is 2.06. The first kappa shape index (κ1) is 17.1. The largest absolute Gasteiger partial charge is 0.333 e. The number of hydrogen-bond donors (Lipinski definition) is 0. The number of hydrogen-bond acceptors (Lipinski definition) is 5. The molecule has 1 aromatic rings. The fourth-order valence-electron chi connectivity index (χ4n) is 1.51. The molecule has 0 aromatic carbocycles. The van der Waals surface area contributed by atoms with Crippen molar-refractivity contribution in [3.05, 3.63) is 34.8 Å². The maximum absolute atomic E-state index is 10.9. The van der Waals surface area contributed by atoms with Crippen LogP contribution in [0.15, 0.2) is 34.9 Å². The summed E-state index contributed by atoms with van der Waals surface area (Å²) >= 11 is 1.61. The van der Waals surface area contributed by atoms with Gasteiger partial charge in [-0.05, 0) is 25.8 Å². The molecular weight excluding hydrogens is 284 g/mol. The molecule has 1 unspecified atom stereocenters. The monoisotopic (exact) mass is 306 g/mol. The lowest BCUT2D eigenvalue weighted by Gasteiger charge is -2.16. The molecular formula is C15H22N4OS. The second-order valence-electron chi connectivity index (χ2n) is 4.80. The van der Waals surface area contributed by atoms with Crippen LogP contribution in [0.25, 0.3) is 0 Å². The van der Waals surface area contributed by atoms with Crippen molar-refractivity contribution in [2.45, 2.75) is 20.8 Å². The molecule has 0 radical (unpaired) electrons. The summed E-state index contributed by atoms with van der Waals surface area (Å²) in [5, 5.41) is 8.53. The molecule has 1 heterocycles. The summed E-state index contributed by atoms with van der Waals surface area (Å²) in [7, 11) is 1.95. The van der Waals surface area contributed by atoms with Crippen molar-refractivity contribution >= 4 is 29.8 Å². The van der Waals surface area contributed by atoms with Crippen molar-refractivity contribution in [3.63, 3.8) is 0 Å². The number of carbonyl (C=O) groups is 1. The molecule has 0 aliphatic rings. The van der Waals surface area contributed by atoms with Gasteiger partial charge in [0.1, 0.15) is 5.82 Å². The normalized spacial score (nSPS) is 13.2. The summed E-state index contributed by atoms with van der Waals surface area (Å²) in [6.45, 7) is 10.2. The third-order valence-corrected chi connectivity index (χ3v) is 3.77. The zero-order valence-corrected chi connectivity index (χ0v) is 13.8. The smallest absolute Gasteiger partial charge is 0.229 e. The van der Waals surface area contributed by atoms with Crippen LogP contribution >= 0.6 is 11.3 Å². The molecule has 114 valence electrons. The Labute approximate surface area is 130 Å². The molecule has 1 rings (SSSR count). The quantitative estimate of drug-likeness (QED) is 0.321. The number of amides is 1. The van der Waals surface area contributed by atoms with E-state index in [9.17, 15) is 4.79 Å². The second kappa shape index (κ2) is 8.36. The number of hydrazone groups is 1. The summed E-state index contributed by atoms with van der Waals surface area (Å²) in [5.74, 6) is 1.12. The summed E-state index contributed by atoms with van der Waals surface area (Å²) in [5.41, 5.74) is 0.992. The lowest BCUT2D eigenvalue weighted by molar-refractivity contribution is -0.118. The molecule has 0 saturated carbocycles. The Hall–Kier alpha value is -1.95. The zero-order valence-electron chi connectivity index (χ0n) is 13.0. The number of rotatable bonds is 8. The number of thiazole rings is 1. The molecule has 0 aliphatic heterocycles. The fraction of sp³-hybridized carbons (Fsp3) is 0.400. The van der Waals surface area contributed by atoms with E-state index in [-0.39, 0.29) is 5.92 Å². The van der Waals surface area contributed by atoms with E-state index < -0.39 is 0 Å². The Balaban J connectivity index is 2.66. The van der Waals surface area contributed by atoms with E-state index >= 15 is 0 Å². The summed E-state index contributed by atoms with van der Waals surface area (Å²) in [6, 6.07) is 0. The molecule has 6 heteroatoms. The van der Waals surface area contributed by atoms with Crippen molar-refractivity contribution in [1.82, 2.24) is 9.99 Å². The van der Waals surface area contributed by atoms with Gasteiger partial charge in [-0.1, -0.05) is 13.0 Å². The number of allylic oxidation sites excluding steroid dienone is 2. The van der Waals surface area contributed by atoms with Gasteiger partial charge in [0, 0.05) is 24.3 Å². The average molecular weight is 306 g/mol. The SMILES string of the molecule is C=CC(C)CN(C=O)/N=C\C=C(/C)N(C)c1csc(C)n1. The van der Waals surface area contributed by atoms with Gasteiger partial charge in [0.15, 0.2) is 0 Å². The van der Waals surface area contributed by atoms with Gasteiger partial charge in [-0.25, -0.2) is 9.99 Å². The zero-order chi connectivity index (χ0) is 15.8. The van der Waals surface area contributed by atoms with E-state index in [4.69, 9.17) is 0 Å². The summed E-state index contributed by atoms with van der Waals surface area (Å²) in [6.07, 6.45) is 5.98. The van der Waals surface area contributed by atoms with Crippen LogP contribution in [0.2, 0.25) is 0 Å². The van der Waals surface area contributed by atoms with Crippen molar-refractivity contribution in [2.75, 3.05) is 18.5 Å². The minimum absolute atomic E-state index is 0.207. The molecule has 0 spiro atoms. The second-order valence-corrected chi connectivity index (χ2v) is 5.86. The molecule has 21 heavy (non-hydrogen) atoms. The lowest BCUT2D eigenvalue weighted by Crippen LogP contribution is -2.21. The van der Waals surface area contributed by atoms with Gasteiger partial charge in [-0.15, -0.1) is 17.9 Å². The molecule has 5 nitrogen and oxygen atoms in total. The van der Waals surface area contributed by atoms with Gasteiger partial charge >= 0.3 is 0 Å². The number of aryl methyl sites for hydroxylation is 1. The van der Waals surface area contributed by atoms with Crippen LogP contribution in [-0.4, -0.2) is 36.2 Å². The van der Waals surface area contributed by atoms with E-state index in [0.717, 1.165) is 16.5 Å². The van der Waals surface area contributed by atoms with Crippen LogP contribution in [0.4, 0.5) is 5.82 Å². The minimum Gasteiger partial charge on any atom is -0.333 e. The van der Waals surface area contributed by atoms with Crippen molar-refractivity contribution in [2.24, 2.45) is 11.0 Å². The number of aromatic nitrogens is 1. The van der Waals surface area contributed by atoms with Gasteiger partial charge in [0.05, 0.1) is 11.6 Å². The summed E-state index contributed by atoms with van der Waals surface area (Å²) < 4.78 is 0. The Bertz CT molecular complexity index is 536. The minimum atomic E-state index is 0.207. The highest BCUT2D eigenvalue weighted by Crippen LogP contribution is 2.19. The molecule has 0 saturated heterocycles. The number of nitrogens with zero attached hydrogens (tertiary/aromatic N) is 4. The third-order valence-electron chi connectivity index (χ3n) is 3.01. The van der Waals surface area contributed by atoms with E-state index in [1.165, 1.54) is 5.01 Å². The van der Waals surface area contributed by atoms with Crippen molar-refractivity contribution < 1.29 is 4.79 Å². The van der Waals surface area contributed by atoms with Crippen LogP contribution < -0.4 is 4.90 Å². The van der Waals surface area contributed by atoms with Crippen molar-refractivity contribution in [1.29, 1.82) is 0 Å². The van der Waals surface area contributed by atoms with E-state index in [0.29, 0.717) is 13.0 Å². The summed E-state index contributed by atoms with van der Waals surface area (Å²) in [4.78, 5) is 17.3. The van der Waals surface area contributed by atoms with Crippen LogP contribution in [0.3, 0.4) is 0 Å². The van der Waals surface area contributed by atoms with Gasteiger partial charge in [0.2, 0.25) is 6.41 Å². The van der Waals surface area contributed by atoms with Crippen LogP contribution in [0.1, 0.15) is 18.9 Å². The molecule has 1 aromatic heterocycles. The third kappa shape index (κ3) is 5.51. The lowest BCUT2D eigenvalue weighted by atomic mass is 10.2. The van der Waals surface area contributed by atoms with Crippen LogP contribution in [-0.2, 0) is 4.79 Å². The molecule has 1 atom stereocenters. The predicted molar refractivity (Wildman–Crippen MR) is 89.6 cm³/mol. The Morgan fingerprint density at radius 2 is 2.33 bits per heavy atom. The van der Waals surface area contributed by atoms with E-state index in [2.05, 4.69) is 16.7 Å². The molecule has 0 fully saturated rings. The standard InChI is InChI=1S/C15H22N4OS/c1-6-12(2)9-19(11-20)16-8-7-13(3)18(5)15-10-21-14(4)17-15/h6-8,10-12H,1,9H2,2-5H3/b13-7+,16-8-. The topological polar surface area (TPSA) is 48.8 Å². The Morgan fingerprint density at radius 1 is 1.62 bits per heavy atom. The highest BCUT2D eigenvalue weighted by atomic mass is 32.1. The van der Waals surface area contributed by atoms with E-state index in [1.54, 1.807) is 23.6 Å². The Morgan fingerprint density at radius 3 is 2.86 bits per heavy atom. The first-order chi connectivity index (χ1) is 9.97. The van der Waals surface area contributed by atoms with Crippen LogP contribution in [0, 0.1) is 12.8 Å². The molecule has 0 bridgehead atoms. The number of carbonyl (C=O) groups excluding carboxylic acids is 1. The van der Waals surface area contributed by atoms with Gasteiger partial charge in [-0.2, -0.15) is 5.10 Å². The molecule has 1 amide bonds. The van der Waals surface area contributed by atoms with E-state index in [1.807, 2.05) is 44.2 Å². The maximum atomic E-state index is 10.9. The fourth-order valence-corrected chi connectivity index (χ4v) is 2.15. The van der Waals surface area contributed by atoms with Gasteiger partial charge < -0.3 is 4.90 Å². The number of anilines is 1. The predicted octanol–water partition coefficient (Wildman–Crippen LogP) is 3.06. The first-order valence-corrected chi connectivity index (χ1v) is 7.57. The average Bonchev–Trinajstić information content (AvgIpc) is 2.91. The molecule has 0 N–H and O–H groups in total. The van der Waals surface area contributed by atoms with Crippen molar-refractivity contribution in [3.8, 4) is 0 Å². The van der Waals surface area contributed by atoms with Gasteiger partial charge in [0.25, 0.3) is 0 Å².